The molecule has 0 saturated carbocycles. The number of ether oxygens (including phenoxy) is 1. The first kappa shape index (κ1) is 23.7. The van der Waals surface area contributed by atoms with E-state index in [4.69, 9.17) is 4.74 Å². The van der Waals surface area contributed by atoms with E-state index in [2.05, 4.69) is 15.8 Å². The number of hydrogen-bond donors (Lipinski definition) is 2. The SMILES string of the molecule is COC(=O)Cn1cc(C=NNC(=O)C(NC(=O)c2ccc(C)cc2)C(C)C)c2ccccc21. The highest BCUT2D eigenvalue weighted by atomic mass is 16.5. The molecule has 0 aliphatic carbocycles. The van der Waals surface area contributed by atoms with Gasteiger partial charge >= 0.3 is 5.97 Å². The van der Waals surface area contributed by atoms with Crippen molar-refractivity contribution in [1.29, 1.82) is 0 Å². The van der Waals surface area contributed by atoms with Crippen molar-refractivity contribution in [2.75, 3.05) is 7.11 Å². The van der Waals surface area contributed by atoms with E-state index >= 15 is 0 Å². The lowest BCUT2D eigenvalue weighted by molar-refractivity contribution is -0.141. The van der Waals surface area contributed by atoms with Crippen molar-refractivity contribution in [2.45, 2.75) is 33.4 Å². The molecule has 1 heterocycles. The number of rotatable bonds is 8. The molecule has 0 radical (unpaired) electrons. The molecule has 0 aliphatic rings. The molecule has 33 heavy (non-hydrogen) atoms. The van der Waals surface area contributed by atoms with Crippen LogP contribution in [0.1, 0.15) is 35.3 Å². The lowest BCUT2D eigenvalue weighted by Crippen LogP contribution is -2.48. The Morgan fingerprint density at radius 1 is 1.09 bits per heavy atom. The Morgan fingerprint density at radius 3 is 2.45 bits per heavy atom. The molecule has 2 amide bonds. The van der Waals surface area contributed by atoms with Gasteiger partial charge in [-0.25, -0.2) is 5.43 Å². The molecular weight excluding hydrogens is 420 g/mol. The van der Waals surface area contributed by atoms with Crippen LogP contribution in [0.15, 0.2) is 59.8 Å². The van der Waals surface area contributed by atoms with E-state index in [1.807, 2.05) is 57.2 Å². The maximum absolute atomic E-state index is 12.7. The van der Waals surface area contributed by atoms with Gasteiger partial charge in [0.2, 0.25) is 0 Å². The van der Waals surface area contributed by atoms with E-state index in [0.29, 0.717) is 5.56 Å². The summed E-state index contributed by atoms with van der Waals surface area (Å²) in [5.41, 5.74) is 5.64. The summed E-state index contributed by atoms with van der Waals surface area (Å²) in [6, 6.07) is 14.0. The van der Waals surface area contributed by atoms with Crippen molar-refractivity contribution in [3.05, 3.63) is 71.4 Å². The van der Waals surface area contributed by atoms with Crippen LogP contribution < -0.4 is 10.7 Å². The highest BCUT2D eigenvalue weighted by molar-refractivity contribution is 6.01. The summed E-state index contributed by atoms with van der Waals surface area (Å²) in [6.45, 7) is 5.71. The fraction of sp³-hybridized carbons (Fsp3) is 0.280. The number of hydrazone groups is 1. The number of para-hydroxylation sites is 1. The van der Waals surface area contributed by atoms with Crippen molar-refractivity contribution in [1.82, 2.24) is 15.3 Å². The molecule has 172 valence electrons. The summed E-state index contributed by atoms with van der Waals surface area (Å²) in [5, 5.41) is 7.76. The average Bonchev–Trinajstić information content (AvgIpc) is 3.14. The lowest BCUT2D eigenvalue weighted by atomic mass is 10.0. The number of fused-ring (bicyclic) bond motifs is 1. The Balaban J connectivity index is 1.72. The van der Waals surface area contributed by atoms with Gasteiger partial charge in [-0.15, -0.1) is 0 Å². The van der Waals surface area contributed by atoms with Gasteiger partial charge in [-0.3, -0.25) is 14.4 Å². The van der Waals surface area contributed by atoms with Gasteiger partial charge in [-0.05, 0) is 31.0 Å². The van der Waals surface area contributed by atoms with Gasteiger partial charge in [0.1, 0.15) is 12.6 Å². The number of esters is 1. The maximum Gasteiger partial charge on any atom is 0.325 e. The van der Waals surface area contributed by atoms with Crippen LogP contribution in [0, 0.1) is 12.8 Å². The third-order valence-corrected chi connectivity index (χ3v) is 5.27. The third kappa shape index (κ3) is 5.85. The highest BCUT2D eigenvalue weighted by Gasteiger charge is 2.24. The molecule has 3 rings (SSSR count). The minimum atomic E-state index is -0.753. The number of carbonyl (C=O) groups is 3. The van der Waals surface area contributed by atoms with E-state index in [1.165, 1.54) is 13.3 Å². The smallest absolute Gasteiger partial charge is 0.325 e. The minimum absolute atomic E-state index is 0.0671. The number of hydrogen-bond acceptors (Lipinski definition) is 5. The fourth-order valence-electron chi connectivity index (χ4n) is 3.41. The van der Waals surface area contributed by atoms with Crippen LogP contribution in [-0.4, -0.2) is 41.7 Å². The van der Waals surface area contributed by atoms with Crippen molar-refractivity contribution in [3.63, 3.8) is 0 Å². The zero-order chi connectivity index (χ0) is 24.0. The monoisotopic (exact) mass is 448 g/mol. The summed E-state index contributed by atoms with van der Waals surface area (Å²) in [6.07, 6.45) is 3.30. The molecular formula is C25H28N4O4. The van der Waals surface area contributed by atoms with E-state index in [1.54, 1.807) is 22.9 Å². The second kappa shape index (κ2) is 10.6. The van der Waals surface area contributed by atoms with Crippen molar-refractivity contribution in [3.8, 4) is 0 Å². The highest BCUT2D eigenvalue weighted by Crippen LogP contribution is 2.20. The largest absolute Gasteiger partial charge is 0.468 e. The van der Waals surface area contributed by atoms with Crippen LogP contribution in [0.4, 0.5) is 0 Å². The Morgan fingerprint density at radius 2 is 1.79 bits per heavy atom. The van der Waals surface area contributed by atoms with Gasteiger partial charge in [0, 0.05) is 28.2 Å². The molecule has 0 saturated heterocycles. The lowest BCUT2D eigenvalue weighted by Gasteiger charge is -2.20. The number of benzene rings is 2. The summed E-state index contributed by atoms with van der Waals surface area (Å²) in [7, 11) is 1.34. The Hall–Kier alpha value is -3.94. The van der Waals surface area contributed by atoms with Gasteiger partial charge in [0.15, 0.2) is 0 Å². The normalized spacial score (nSPS) is 12.2. The number of aryl methyl sites for hydroxylation is 1. The van der Waals surface area contributed by atoms with Gasteiger partial charge in [-0.1, -0.05) is 49.7 Å². The Labute approximate surface area is 192 Å². The molecule has 0 fully saturated rings. The third-order valence-electron chi connectivity index (χ3n) is 5.27. The van der Waals surface area contributed by atoms with Crippen LogP contribution >= 0.6 is 0 Å². The molecule has 8 heteroatoms. The Kier molecular flexibility index (Phi) is 7.61. The minimum Gasteiger partial charge on any atom is -0.468 e. The molecule has 1 aromatic heterocycles. The number of carbonyl (C=O) groups excluding carboxylic acids is 3. The topological polar surface area (TPSA) is 102 Å². The van der Waals surface area contributed by atoms with Crippen LogP contribution in [0.5, 0.6) is 0 Å². The van der Waals surface area contributed by atoms with E-state index in [0.717, 1.165) is 22.0 Å². The van der Waals surface area contributed by atoms with E-state index in [-0.39, 0.29) is 24.3 Å². The number of nitrogens with one attached hydrogen (secondary N) is 2. The van der Waals surface area contributed by atoms with E-state index < -0.39 is 11.9 Å². The maximum atomic E-state index is 12.7. The second-order valence-electron chi connectivity index (χ2n) is 8.10. The van der Waals surface area contributed by atoms with Gasteiger partial charge < -0.3 is 14.6 Å². The quantitative estimate of drug-likeness (QED) is 0.314. The number of methoxy groups -OCH3 is 1. The molecule has 2 N–H and O–H groups in total. The predicted octanol–water partition coefficient (Wildman–Crippen LogP) is 3.03. The number of nitrogens with zero attached hydrogens (tertiary/aromatic N) is 2. The first-order valence-electron chi connectivity index (χ1n) is 10.6. The van der Waals surface area contributed by atoms with Crippen LogP contribution in [-0.2, 0) is 20.9 Å². The number of aromatic nitrogens is 1. The first-order chi connectivity index (χ1) is 15.8. The van der Waals surface area contributed by atoms with Crippen LogP contribution in [0.2, 0.25) is 0 Å². The standard InChI is InChI=1S/C25H28N4O4/c1-16(2)23(27-24(31)18-11-9-17(3)10-12-18)25(32)28-26-13-19-14-29(15-22(30)33-4)21-8-6-5-7-20(19)21/h5-14,16,23H,15H2,1-4H3,(H,27,31)(H,28,32). The number of amides is 2. The summed E-state index contributed by atoms with van der Waals surface area (Å²) >= 11 is 0. The molecule has 0 spiro atoms. The molecule has 3 aromatic rings. The summed E-state index contributed by atoms with van der Waals surface area (Å²) < 4.78 is 6.53. The summed E-state index contributed by atoms with van der Waals surface area (Å²) in [4.78, 5) is 37.0. The van der Waals surface area contributed by atoms with Crippen LogP contribution in [0.25, 0.3) is 10.9 Å². The Bertz CT molecular complexity index is 1180. The molecule has 1 atom stereocenters. The zero-order valence-corrected chi connectivity index (χ0v) is 19.2. The summed E-state index contributed by atoms with van der Waals surface area (Å²) in [5.74, 6) is -1.24. The van der Waals surface area contributed by atoms with E-state index in [9.17, 15) is 14.4 Å². The van der Waals surface area contributed by atoms with Gasteiger partial charge in [0.05, 0.1) is 13.3 Å². The average molecular weight is 449 g/mol. The zero-order valence-electron chi connectivity index (χ0n) is 19.2. The van der Waals surface area contributed by atoms with Crippen LogP contribution in [0.3, 0.4) is 0 Å². The van der Waals surface area contributed by atoms with Gasteiger partial charge in [0.25, 0.3) is 11.8 Å². The van der Waals surface area contributed by atoms with Gasteiger partial charge in [-0.2, -0.15) is 5.10 Å². The second-order valence-corrected chi connectivity index (χ2v) is 8.10. The first-order valence-corrected chi connectivity index (χ1v) is 10.6. The van der Waals surface area contributed by atoms with Crippen molar-refractivity contribution < 1.29 is 19.1 Å². The molecule has 2 aromatic carbocycles. The fourth-order valence-corrected chi connectivity index (χ4v) is 3.41. The predicted molar refractivity (Wildman–Crippen MR) is 127 cm³/mol. The molecule has 0 aliphatic heterocycles. The molecule has 1 unspecified atom stereocenters. The molecule has 8 nitrogen and oxygen atoms in total. The van der Waals surface area contributed by atoms with Crippen molar-refractivity contribution >= 4 is 34.9 Å². The molecule has 0 bridgehead atoms. The van der Waals surface area contributed by atoms with Crippen molar-refractivity contribution in [2.24, 2.45) is 11.0 Å².